The van der Waals surface area contributed by atoms with Gasteiger partial charge in [0, 0.05) is 24.6 Å². The summed E-state index contributed by atoms with van der Waals surface area (Å²) in [5, 5.41) is 50.9. The second kappa shape index (κ2) is 10.0. The molecule has 12 heteroatoms. The Bertz CT molecular complexity index is 1320. The highest BCUT2D eigenvalue weighted by molar-refractivity contribution is 5.89. The van der Waals surface area contributed by atoms with E-state index in [1.165, 1.54) is 25.3 Å². The maximum absolute atomic E-state index is 12.9. The summed E-state index contributed by atoms with van der Waals surface area (Å²) in [5.74, 6) is -1.63. The highest BCUT2D eigenvalue weighted by Gasteiger charge is 2.46. The van der Waals surface area contributed by atoms with E-state index in [9.17, 15) is 35.1 Å². The molecule has 1 aliphatic heterocycles. The van der Waals surface area contributed by atoms with Gasteiger partial charge < -0.3 is 48.9 Å². The number of hydrogen-bond acceptors (Lipinski definition) is 12. The van der Waals surface area contributed by atoms with Crippen LogP contribution in [0.2, 0.25) is 0 Å². The molecule has 5 N–H and O–H groups in total. The number of benzene rings is 2. The van der Waals surface area contributed by atoms with Gasteiger partial charge in [0.15, 0.2) is 16.9 Å². The predicted molar refractivity (Wildman–Crippen MR) is 122 cm³/mol. The molecule has 4 rings (SSSR count). The first kappa shape index (κ1) is 25.3. The Morgan fingerprint density at radius 2 is 1.72 bits per heavy atom. The molecule has 36 heavy (non-hydrogen) atoms. The summed E-state index contributed by atoms with van der Waals surface area (Å²) >= 11 is 0. The van der Waals surface area contributed by atoms with Crippen molar-refractivity contribution < 1.29 is 53.7 Å². The third-order valence-corrected chi connectivity index (χ3v) is 5.64. The SMILES string of the molecule is COc1cc2oc(-c3ccc(O)cc3)cc(=O)c2c(O)c1OC1OC(COC(C)=O)C(O)C(O)C1O. The number of phenols is 2. The Hall–Kier alpha value is -3.84. The Balaban J connectivity index is 1.72. The molecule has 1 aromatic heterocycles. The fourth-order valence-corrected chi connectivity index (χ4v) is 3.76. The van der Waals surface area contributed by atoms with Crippen LogP contribution in [0.1, 0.15) is 6.92 Å². The van der Waals surface area contributed by atoms with E-state index in [1.54, 1.807) is 12.1 Å². The molecule has 0 saturated carbocycles. The average molecular weight is 504 g/mol. The molecule has 3 aromatic rings. The number of rotatable bonds is 6. The van der Waals surface area contributed by atoms with Crippen LogP contribution in [0, 0.1) is 0 Å². The molecule has 0 bridgehead atoms. The summed E-state index contributed by atoms with van der Waals surface area (Å²) in [6.45, 7) is 0.704. The van der Waals surface area contributed by atoms with E-state index in [0.29, 0.717) is 5.56 Å². The average Bonchev–Trinajstić information content (AvgIpc) is 2.84. The molecule has 1 saturated heterocycles. The minimum Gasteiger partial charge on any atom is -0.508 e. The zero-order valence-electron chi connectivity index (χ0n) is 19.2. The normalized spacial score (nSPS) is 23.9. The lowest BCUT2D eigenvalue weighted by atomic mass is 9.99. The zero-order valence-corrected chi connectivity index (χ0v) is 19.2. The van der Waals surface area contributed by atoms with Crippen molar-refractivity contribution in [1.82, 2.24) is 0 Å². The summed E-state index contributed by atoms with van der Waals surface area (Å²) < 4.78 is 26.9. The molecule has 2 heterocycles. The van der Waals surface area contributed by atoms with Crippen LogP contribution in [-0.2, 0) is 14.3 Å². The number of aliphatic hydroxyl groups excluding tert-OH is 3. The van der Waals surface area contributed by atoms with E-state index in [4.69, 9.17) is 23.4 Å². The number of aliphatic hydroxyl groups is 3. The van der Waals surface area contributed by atoms with E-state index in [-0.39, 0.29) is 28.2 Å². The van der Waals surface area contributed by atoms with Gasteiger partial charge in [0.25, 0.3) is 0 Å². The molecule has 0 amide bonds. The number of carbonyl (C=O) groups excluding carboxylic acids is 1. The van der Waals surface area contributed by atoms with Crippen LogP contribution in [0.3, 0.4) is 0 Å². The van der Waals surface area contributed by atoms with Crippen LogP contribution in [0.5, 0.6) is 23.0 Å². The van der Waals surface area contributed by atoms with Gasteiger partial charge in [-0.2, -0.15) is 0 Å². The van der Waals surface area contributed by atoms with Crippen LogP contribution in [0.4, 0.5) is 0 Å². The summed E-state index contributed by atoms with van der Waals surface area (Å²) in [4.78, 5) is 24.0. The van der Waals surface area contributed by atoms with Crippen LogP contribution in [0.25, 0.3) is 22.3 Å². The molecule has 5 unspecified atom stereocenters. The first-order valence-corrected chi connectivity index (χ1v) is 10.8. The van der Waals surface area contributed by atoms with Gasteiger partial charge in [0.05, 0.1) is 7.11 Å². The lowest BCUT2D eigenvalue weighted by Crippen LogP contribution is -2.60. The van der Waals surface area contributed by atoms with Crippen molar-refractivity contribution in [2.45, 2.75) is 37.6 Å². The number of hydrogen-bond donors (Lipinski definition) is 5. The maximum Gasteiger partial charge on any atom is 0.302 e. The fraction of sp³-hybridized carbons (Fsp3) is 0.333. The summed E-state index contributed by atoms with van der Waals surface area (Å²) in [7, 11) is 1.26. The number of fused-ring (bicyclic) bond motifs is 1. The molecule has 1 aliphatic rings. The lowest BCUT2D eigenvalue weighted by Gasteiger charge is -2.40. The van der Waals surface area contributed by atoms with Crippen molar-refractivity contribution in [3.63, 3.8) is 0 Å². The quantitative estimate of drug-likeness (QED) is 0.295. The van der Waals surface area contributed by atoms with Crippen LogP contribution >= 0.6 is 0 Å². The van der Waals surface area contributed by atoms with E-state index >= 15 is 0 Å². The van der Waals surface area contributed by atoms with Crippen molar-refractivity contribution in [3.8, 4) is 34.3 Å². The van der Waals surface area contributed by atoms with Gasteiger partial charge in [-0.05, 0) is 24.3 Å². The molecule has 2 aromatic carbocycles. The van der Waals surface area contributed by atoms with Crippen LogP contribution in [0.15, 0.2) is 45.6 Å². The summed E-state index contributed by atoms with van der Waals surface area (Å²) in [6, 6.07) is 8.36. The number of carbonyl (C=O) groups is 1. The Kier molecular flexibility index (Phi) is 7.04. The van der Waals surface area contributed by atoms with Gasteiger partial charge in [-0.15, -0.1) is 0 Å². The highest BCUT2D eigenvalue weighted by Crippen LogP contribution is 2.43. The highest BCUT2D eigenvalue weighted by atomic mass is 16.7. The van der Waals surface area contributed by atoms with E-state index in [1.807, 2.05) is 0 Å². The van der Waals surface area contributed by atoms with Gasteiger partial charge in [0.1, 0.15) is 53.5 Å². The zero-order chi connectivity index (χ0) is 26.1. The molecular weight excluding hydrogens is 480 g/mol. The molecule has 192 valence electrons. The van der Waals surface area contributed by atoms with Crippen molar-refractivity contribution in [2.24, 2.45) is 0 Å². The van der Waals surface area contributed by atoms with Crippen LogP contribution < -0.4 is 14.9 Å². The second-order valence-corrected chi connectivity index (χ2v) is 8.09. The lowest BCUT2D eigenvalue weighted by molar-refractivity contribution is -0.278. The summed E-state index contributed by atoms with van der Waals surface area (Å²) in [6.07, 6.45) is -8.03. The van der Waals surface area contributed by atoms with Gasteiger partial charge in [-0.25, -0.2) is 0 Å². The third-order valence-electron chi connectivity index (χ3n) is 5.64. The second-order valence-electron chi connectivity index (χ2n) is 8.09. The minimum absolute atomic E-state index is 0.0304. The number of ether oxygens (including phenoxy) is 4. The topological polar surface area (TPSA) is 185 Å². The van der Waals surface area contributed by atoms with Gasteiger partial charge in [0.2, 0.25) is 12.0 Å². The molecule has 0 aliphatic carbocycles. The van der Waals surface area contributed by atoms with Crippen molar-refractivity contribution in [1.29, 1.82) is 0 Å². The van der Waals surface area contributed by atoms with E-state index in [0.717, 1.165) is 13.0 Å². The Labute approximate surface area is 203 Å². The number of phenolic OH excluding ortho intramolecular Hbond substituents is 2. The van der Waals surface area contributed by atoms with Crippen molar-refractivity contribution in [3.05, 3.63) is 46.6 Å². The maximum atomic E-state index is 12.9. The molecule has 5 atom stereocenters. The third kappa shape index (κ3) is 4.79. The van der Waals surface area contributed by atoms with Crippen LogP contribution in [-0.4, -0.2) is 75.9 Å². The fourth-order valence-electron chi connectivity index (χ4n) is 3.76. The molecule has 1 fully saturated rings. The first-order valence-electron chi connectivity index (χ1n) is 10.8. The number of methoxy groups -OCH3 is 1. The molecule has 0 spiro atoms. The molecular formula is C24H24O12. The number of aromatic hydroxyl groups is 2. The van der Waals surface area contributed by atoms with Crippen molar-refractivity contribution in [2.75, 3.05) is 13.7 Å². The smallest absolute Gasteiger partial charge is 0.302 e. The van der Waals surface area contributed by atoms with Gasteiger partial charge >= 0.3 is 5.97 Å². The first-order chi connectivity index (χ1) is 17.1. The minimum atomic E-state index is -1.78. The predicted octanol–water partition coefficient (Wildman–Crippen LogP) is 0.629. The Morgan fingerprint density at radius 3 is 2.36 bits per heavy atom. The largest absolute Gasteiger partial charge is 0.508 e. The monoisotopic (exact) mass is 504 g/mol. The van der Waals surface area contributed by atoms with E-state index < -0.39 is 60.2 Å². The van der Waals surface area contributed by atoms with Gasteiger partial charge in [-0.1, -0.05) is 0 Å². The molecule has 0 radical (unpaired) electrons. The Morgan fingerprint density at radius 1 is 1.03 bits per heavy atom. The summed E-state index contributed by atoms with van der Waals surface area (Å²) in [5.41, 5.74) is -0.172. The van der Waals surface area contributed by atoms with E-state index in [2.05, 4.69) is 0 Å². The standard InChI is InChI=1S/C24H24O12/c1-10(25)33-9-17-19(28)21(30)22(31)24(35-17)36-23-16(32-2)8-15-18(20(23)29)13(27)7-14(34-15)11-3-5-12(26)6-4-11/h3-8,17,19,21-22,24,26,28-31H,9H2,1-2H3. The number of esters is 1. The molecule has 12 nitrogen and oxygen atoms in total. The van der Waals surface area contributed by atoms with Crippen molar-refractivity contribution >= 4 is 16.9 Å². The van der Waals surface area contributed by atoms with Gasteiger partial charge in [-0.3, -0.25) is 9.59 Å².